The van der Waals surface area contributed by atoms with Gasteiger partial charge in [-0.15, -0.1) is 0 Å². The van der Waals surface area contributed by atoms with Crippen LogP contribution in [0.1, 0.15) is 5.56 Å². The lowest BCUT2D eigenvalue weighted by atomic mass is 10.2. The Morgan fingerprint density at radius 3 is 2.75 bits per heavy atom. The maximum absolute atomic E-state index is 10.8. The van der Waals surface area contributed by atoms with Gasteiger partial charge in [-0.1, -0.05) is 34.1 Å². The molecule has 0 aliphatic heterocycles. The van der Waals surface area contributed by atoms with Crippen molar-refractivity contribution >= 4 is 33.3 Å². The Morgan fingerprint density at radius 2 is 2.10 bits per heavy atom. The molecule has 0 amide bonds. The van der Waals surface area contributed by atoms with Gasteiger partial charge in [0.15, 0.2) is 0 Å². The van der Waals surface area contributed by atoms with Crippen molar-refractivity contribution in [1.82, 2.24) is 4.98 Å². The van der Waals surface area contributed by atoms with Crippen LogP contribution in [0, 0.1) is 10.1 Å². The summed E-state index contributed by atoms with van der Waals surface area (Å²) in [6.45, 7) is 0.565. The summed E-state index contributed by atoms with van der Waals surface area (Å²) in [7, 11) is 1.81. The molecule has 0 aliphatic carbocycles. The Labute approximate surface area is 124 Å². The highest BCUT2D eigenvalue weighted by Gasteiger charge is 2.13. The predicted octanol–water partition coefficient (Wildman–Crippen LogP) is 2.97. The lowest BCUT2D eigenvalue weighted by molar-refractivity contribution is -0.384. The highest BCUT2D eigenvalue weighted by molar-refractivity contribution is 9.10. The van der Waals surface area contributed by atoms with Crippen molar-refractivity contribution < 1.29 is 4.92 Å². The monoisotopic (exact) mass is 336 g/mol. The molecule has 1 heterocycles. The van der Waals surface area contributed by atoms with Crippen LogP contribution in [0.15, 0.2) is 40.9 Å². The van der Waals surface area contributed by atoms with E-state index in [1.807, 2.05) is 36.2 Å². The first kappa shape index (κ1) is 14.3. The fraction of sp³-hybridized carbons (Fsp3) is 0.154. The molecule has 1 aromatic carbocycles. The lowest BCUT2D eigenvalue weighted by Gasteiger charge is -2.19. The number of halogens is 1. The highest BCUT2D eigenvalue weighted by atomic mass is 79.9. The second kappa shape index (κ2) is 5.87. The van der Waals surface area contributed by atoms with E-state index >= 15 is 0 Å². The van der Waals surface area contributed by atoms with Gasteiger partial charge in [-0.3, -0.25) is 10.1 Å². The molecule has 0 atom stereocenters. The fourth-order valence-corrected chi connectivity index (χ4v) is 2.20. The number of aromatic nitrogens is 1. The molecule has 7 heteroatoms. The Morgan fingerprint density at radius 1 is 1.40 bits per heavy atom. The van der Waals surface area contributed by atoms with Gasteiger partial charge in [0, 0.05) is 18.1 Å². The van der Waals surface area contributed by atoms with E-state index in [-0.39, 0.29) is 11.5 Å². The fourth-order valence-electron chi connectivity index (χ4n) is 1.79. The number of hydrogen-bond acceptors (Lipinski definition) is 5. The van der Waals surface area contributed by atoms with E-state index in [0.29, 0.717) is 12.4 Å². The van der Waals surface area contributed by atoms with Gasteiger partial charge in [0.2, 0.25) is 0 Å². The summed E-state index contributed by atoms with van der Waals surface area (Å²) < 4.78 is 0.977. The molecule has 0 saturated carbocycles. The van der Waals surface area contributed by atoms with Gasteiger partial charge in [0.25, 0.3) is 5.69 Å². The number of nitrogens with two attached hydrogens (primary N) is 1. The third-order valence-electron chi connectivity index (χ3n) is 2.78. The molecule has 2 aromatic rings. The van der Waals surface area contributed by atoms with Crippen molar-refractivity contribution in [3.63, 3.8) is 0 Å². The zero-order chi connectivity index (χ0) is 14.7. The Balaban J connectivity index is 2.27. The number of benzene rings is 1. The Bertz CT molecular complexity index is 648. The first-order valence-electron chi connectivity index (χ1n) is 5.84. The molecule has 2 rings (SSSR count). The minimum Gasteiger partial charge on any atom is -0.383 e. The molecule has 0 spiro atoms. The van der Waals surface area contributed by atoms with Crippen molar-refractivity contribution in [2.45, 2.75) is 6.54 Å². The average molecular weight is 337 g/mol. The first-order chi connectivity index (χ1) is 9.47. The Hall–Kier alpha value is -2.15. The van der Waals surface area contributed by atoms with E-state index in [4.69, 9.17) is 5.73 Å². The quantitative estimate of drug-likeness (QED) is 0.685. The minimum atomic E-state index is -0.478. The molecule has 104 valence electrons. The molecule has 1 aromatic heterocycles. The van der Waals surface area contributed by atoms with Crippen LogP contribution < -0.4 is 10.6 Å². The number of rotatable bonds is 4. The van der Waals surface area contributed by atoms with Crippen molar-refractivity contribution in [3.05, 3.63) is 56.5 Å². The molecule has 0 saturated heterocycles. The largest absolute Gasteiger partial charge is 0.383 e. The van der Waals surface area contributed by atoms with Crippen molar-refractivity contribution in [1.29, 1.82) is 0 Å². The number of nitrogen functional groups attached to an aromatic ring is 1. The summed E-state index contributed by atoms with van der Waals surface area (Å²) in [5.74, 6) is 0.598. The average Bonchev–Trinajstić information content (AvgIpc) is 2.40. The molecular weight excluding hydrogens is 324 g/mol. The van der Waals surface area contributed by atoms with Crippen LogP contribution in [0.25, 0.3) is 0 Å². The van der Waals surface area contributed by atoms with Gasteiger partial charge in [-0.25, -0.2) is 4.98 Å². The van der Waals surface area contributed by atoms with E-state index < -0.39 is 4.92 Å². The topological polar surface area (TPSA) is 85.3 Å². The van der Waals surface area contributed by atoms with Crippen LogP contribution in [0.4, 0.5) is 17.3 Å². The maximum Gasteiger partial charge on any atom is 0.276 e. The summed E-state index contributed by atoms with van der Waals surface area (Å²) in [5.41, 5.74) is 6.60. The summed E-state index contributed by atoms with van der Waals surface area (Å²) >= 11 is 3.47. The number of hydrogen-bond donors (Lipinski definition) is 1. The zero-order valence-electron chi connectivity index (χ0n) is 10.8. The van der Waals surface area contributed by atoms with Gasteiger partial charge < -0.3 is 10.6 Å². The summed E-state index contributed by atoms with van der Waals surface area (Å²) in [4.78, 5) is 16.3. The van der Waals surface area contributed by atoms with Gasteiger partial charge >= 0.3 is 0 Å². The smallest absolute Gasteiger partial charge is 0.276 e. The number of nitro groups is 1. The Kier molecular flexibility index (Phi) is 4.19. The van der Waals surface area contributed by atoms with Crippen LogP contribution in [0.2, 0.25) is 0 Å². The van der Waals surface area contributed by atoms with Crippen LogP contribution in [0.5, 0.6) is 0 Å². The number of nitrogens with zero attached hydrogens (tertiary/aromatic N) is 3. The number of pyridine rings is 1. The van der Waals surface area contributed by atoms with E-state index in [9.17, 15) is 10.1 Å². The van der Waals surface area contributed by atoms with Gasteiger partial charge in [0.1, 0.15) is 11.6 Å². The summed E-state index contributed by atoms with van der Waals surface area (Å²) in [5, 5.41) is 10.8. The van der Waals surface area contributed by atoms with E-state index in [2.05, 4.69) is 20.9 Å². The molecule has 0 aliphatic rings. The number of anilines is 2. The standard InChI is InChI=1S/C13H13BrN4O2/c1-17(8-9-4-2-3-5-11(9)14)13-7-10(18(19)20)6-12(15)16-13/h2-7H,8H2,1H3,(H2,15,16). The van der Waals surface area contributed by atoms with Gasteiger partial charge in [-0.2, -0.15) is 0 Å². The van der Waals surface area contributed by atoms with E-state index in [0.717, 1.165) is 10.0 Å². The second-order valence-electron chi connectivity index (χ2n) is 4.31. The van der Waals surface area contributed by atoms with Crippen LogP contribution in [-0.2, 0) is 6.54 Å². The van der Waals surface area contributed by atoms with Crippen LogP contribution in [0.3, 0.4) is 0 Å². The van der Waals surface area contributed by atoms with Crippen molar-refractivity contribution in [3.8, 4) is 0 Å². The molecule has 0 fully saturated rings. The molecule has 0 unspecified atom stereocenters. The van der Waals surface area contributed by atoms with Gasteiger partial charge in [0.05, 0.1) is 17.1 Å². The first-order valence-corrected chi connectivity index (χ1v) is 6.63. The van der Waals surface area contributed by atoms with Crippen LogP contribution in [-0.4, -0.2) is 17.0 Å². The lowest BCUT2D eigenvalue weighted by Crippen LogP contribution is -2.18. The zero-order valence-corrected chi connectivity index (χ0v) is 12.4. The third-order valence-corrected chi connectivity index (χ3v) is 3.56. The predicted molar refractivity (Wildman–Crippen MR) is 81.6 cm³/mol. The molecule has 0 radical (unpaired) electrons. The summed E-state index contributed by atoms with van der Waals surface area (Å²) in [6.07, 6.45) is 0. The second-order valence-corrected chi connectivity index (χ2v) is 5.17. The highest BCUT2D eigenvalue weighted by Crippen LogP contribution is 2.24. The molecule has 0 bridgehead atoms. The SMILES string of the molecule is CN(Cc1ccccc1Br)c1cc([N+](=O)[O-])cc(N)n1. The minimum absolute atomic E-state index is 0.0634. The molecule has 2 N–H and O–H groups in total. The maximum atomic E-state index is 10.8. The van der Waals surface area contributed by atoms with Gasteiger partial charge in [-0.05, 0) is 11.6 Å². The molecule has 6 nitrogen and oxygen atoms in total. The van der Waals surface area contributed by atoms with E-state index in [1.54, 1.807) is 0 Å². The molecular formula is C13H13BrN4O2. The van der Waals surface area contributed by atoms with E-state index in [1.165, 1.54) is 12.1 Å². The molecule has 20 heavy (non-hydrogen) atoms. The van der Waals surface area contributed by atoms with Crippen molar-refractivity contribution in [2.75, 3.05) is 17.7 Å². The third kappa shape index (κ3) is 3.24. The van der Waals surface area contributed by atoms with Crippen LogP contribution >= 0.6 is 15.9 Å². The van der Waals surface area contributed by atoms with Crippen molar-refractivity contribution in [2.24, 2.45) is 0 Å². The normalized spacial score (nSPS) is 10.3. The summed E-state index contributed by atoms with van der Waals surface area (Å²) in [6, 6.07) is 10.4.